The van der Waals surface area contributed by atoms with Gasteiger partial charge in [0.05, 0.1) is 35.6 Å². The maximum atomic E-state index is 13.4. The molecule has 4 rings (SSSR count). The van der Waals surface area contributed by atoms with Crippen LogP contribution < -0.4 is 5.32 Å². The van der Waals surface area contributed by atoms with Crippen LogP contribution in [0.4, 0.5) is 5.69 Å². The fraction of sp³-hybridized carbons (Fsp3) is 0.571. The van der Waals surface area contributed by atoms with Gasteiger partial charge in [-0.25, -0.2) is 9.59 Å². The number of fused-ring (bicyclic) bond motifs is 2. The standard InChI is InChI=1S/C35H47NO8/c1-7-10-27(34(40)18-17-26-20-22(3)35(34,41)30(26)42-5)19-21(2)23(4)44-33(39)28-11-8-9-12-29(28)36-31(37)24-13-15-25(16-14-24)32(38)43-6/h8-9,11-16,21-23,26-27,30,40-41H,7,10,17-20H2,1-6H3,(H,36,37)/t21?,22?,23-,26-,27+,30-,34-,35-/m0/s1. The molecule has 0 spiro atoms. The third kappa shape index (κ3) is 6.28. The molecule has 2 aromatic carbocycles. The van der Waals surface area contributed by atoms with Gasteiger partial charge in [-0.05, 0) is 99.1 Å². The number of anilines is 1. The monoisotopic (exact) mass is 609 g/mol. The SMILES string of the molecule is CCC[C@H](CC(C)[C@H](C)OC(=O)c1ccccc1NC(=O)c1ccc(C(=O)OC)cc1)[C@@]1(O)CC[C@H]2CC(C)[C@]1(O)[C@H]2OC. The number of amides is 1. The lowest BCUT2D eigenvalue weighted by molar-refractivity contribution is -0.259. The van der Waals surface area contributed by atoms with Crippen molar-refractivity contribution in [3.05, 3.63) is 65.2 Å². The lowest BCUT2D eigenvalue weighted by Crippen LogP contribution is -2.68. The average molecular weight is 610 g/mol. The van der Waals surface area contributed by atoms with Crippen molar-refractivity contribution >= 4 is 23.5 Å². The molecule has 2 saturated carbocycles. The van der Waals surface area contributed by atoms with E-state index in [0.29, 0.717) is 29.7 Å². The van der Waals surface area contributed by atoms with Crippen molar-refractivity contribution in [1.82, 2.24) is 0 Å². The van der Waals surface area contributed by atoms with E-state index in [4.69, 9.17) is 14.2 Å². The number of methoxy groups -OCH3 is 2. The Morgan fingerprint density at radius 3 is 2.30 bits per heavy atom. The molecule has 9 heteroatoms. The smallest absolute Gasteiger partial charge is 0.340 e. The molecule has 8 atom stereocenters. The van der Waals surface area contributed by atoms with Gasteiger partial charge in [0.2, 0.25) is 0 Å². The summed E-state index contributed by atoms with van der Waals surface area (Å²) in [5.41, 5.74) is -1.49. The second kappa shape index (κ2) is 13.8. The summed E-state index contributed by atoms with van der Waals surface area (Å²) in [5.74, 6) is -1.69. The number of carbonyl (C=O) groups excluding carboxylic acids is 3. The first-order valence-corrected chi connectivity index (χ1v) is 15.7. The van der Waals surface area contributed by atoms with Gasteiger partial charge in [-0.15, -0.1) is 0 Å². The van der Waals surface area contributed by atoms with Gasteiger partial charge in [0.1, 0.15) is 11.7 Å². The highest BCUT2D eigenvalue weighted by Crippen LogP contribution is 2.58. The van der Waals surface area contributed by atoms with Crippen LogP contribution in [0.5, 0.6) is 0 Å². The minimum Gasteiger partial charge on any atom is -0.465 e. The Morgan fingerprint density at radius 2 is 1.66 bits per heavy atom. The molecule has 2 aliphatic carbocycles. The fourth-order valence-corrected chi connectivity index (χ4v) is 7.58. The number of rotatable bonds is 12. The molecule has 44 heavy (non-hydrogen) atoms. The first kappa shape index (κ1) is 33.6. The molecule has 2 aliphatic rings. The molecule has 0 aliphatic heterocycles. The van der Waals surface area contributed by atoms with Crippen LogP contribution >= 0.6 is 0 Å². The van der Waals surface area contributed by atoms with Gasteiger partial charge in [-0.2, -0.15) is 0 Å². The predicted molar refractivity (Wildman–Crippen MR) is 166 cm³/mol. The van der Waals surface area contributed by atoms with Crippen molar-refractivity contribution in [3.63, 3.8) is 0 Å². The van der Waals surface area contributed by atoms with Gasteiger partial charge in [0, 0.05) is 12.7 Å². The highest BCUT2D eigenvalue weighted by molar-refractivity contribution is 6.08. The minimum atomic E-state index is -1.33. The topological polar surface area (TPSA) is 131 Å². The molecule has 1 amide bonds. The summed E-state index contributed by atoms with van der Waals surface area (Å²) in [4.78, 5) is 38.0. The van der Waals surface area contributed by atoms with Crippen molar-refractivity contribution in [3.8, 4) is 0 Å². The first-order valence-electron chi connectivity index (χ1n) is 15.7. The molecule has 2 aromatic rings. The van der Waals surface area contributed by atoms with Crippen molar-refractivity contribution < 1.29 is 38.8 Å². The maximum absolute atomic E-state index is 13.4. The third-order valence-corrected chi connectivity index (χ3v) is 10.1. The Labute approximate surface area is 260 Å². The summed E-state index contributed by atoms with van der Waals surface area (Å²) in [5, 5.41) is 27.0. The molecular weight excluding hydrogens is 562 g/mol. The van der Waals surface area contributed by atoms with Crippen molar-refractivity contribution in [1.29, 1.82) is 0 Å². The van der Waals surface area contributed by atoms with Gasteiger partial charge < -0.3 is 29.7 Å². The molecule has 2 bridgehead atoms. The van der Waals surface area contributed by atoms with E-state index in [1.165, 1.54) is 31.4 Å². The van der Waals surface area contributed by atoms with Crippen molar-refractivity contribution in [2.75, 3.05) is 19.5 Å². The van der Waals surface area contributed by atoms with Crippen LogP contribution in [0.2, 0.25) is 0 Å². The van der Waals surface area contributed by atoms with Gasteiger partial charge in [0.25, 0.3) is 5.91 Å². The summed E-state index contributed by atoms with van der Waals surface area (Å²) < 4.78 is 16.4. The van der Waals surface area contributed by atoms with Crippen molar-refractivity contribution in [2.45, 2.75) is 89.6 Å². The van der Waals surface area contributed by atoms with Crippen LogP contribution in [0.3, 0.4) is 0 Å². The average Bonchev–Trinajstić information content (AvgIpc) is 3.22. The number of ether oxygens (including phenoxy) is 3. The lowest BCUT2D eigenvalue weighted by atomic mass is 9.60. The number of nitrogens with one attached hydrogen (secondary N) is 1. The van der Waals surface area contributed by atoms with Crippen LogP contribution in [-0.4, -0.2) is 65.7 Å². The van der Waals surface area contributed by atoms with E-state index in [1.54, 1.807) is 31.4 Å². The van der Waals surface area contributed by atoms with E-state index in [9.17, 15) is 24.6 Å². The van der Waals surface area contributed by atoms with Crippen molar-refractivity contribution in [2.24, 2.45) is 23.7 Å². The lowest BCUT2D eigenvalue weighted by Gasteiger charge is -2.54. The molecule has 240 valence electrons. The summed E-state index contributed by atoms with van der Waals surface area (Å²) in [6.45, 7) is 7.91. The number of esters is 2. The summed E-state index contributed by atoms with van der Waals surface area (Å²) in [6, 6.07) is 12.7. The predicted octanol–water partition coefficient (Wildman–Crippen LogP) is 5.64. The normalized spacial score (nSPS) is 28.0. The Hall–Kier alpha value is -3.27. The van der Waals surface area contributed by atoms with Crippen LogP contribution in [-0.2, 0) is 14.2 Å². The molecule has 0 radical (unpaired) electrons. The minimum absolute atomic E-state index is 0.0904. The van der Waals surface area contributed by atoms with Crippen LogP contribution in [0.1, 0.15) is 97.3 Å². The number of hydrogen-bond acceptors (Lipinski definition) is 8. The molecule has 2 unspecified atom stereocenters. The second-order valence-electron chi connectivity index (χ2n) is 12.7. The Kier molecular flexibility index (Phi) is 10.5. The summed E-state index contributed by atoms with van der Waals surface area (Å²) in [7, 11) is 2.90. The Bertz CT molecular complexity index is 1330. The number of aliphatic hydroxyl groups is 2. The first-order chi connectivity index (χ1) is 20.9. The fourth-order valence-electron chi connectivity index (χ4n) is 7.58. The number of para-hydroxylation sites is 1. The third-order valence-electron chi connectivity index (χ3n) is 10.1. The summed E-state index contributed by atoms with van der Waals surface area (Å²) in [6.07, 6.45) is 3.39. The van der Waals surface area contributed by atoms with E-state index >= 15 is 0 Å². The molecule has 0 aromatic heterocycles. The van der Waals surface area contributed by atoms with Gasteiger partial charge >= 0.3 is 11.9 Å². The molecule has 3 N–H and O–H groups in total. The molecule has 2 fully saturated rings. The van der Waals surface area contributed by atoms with Gasteiger partial charge in [-0.3, -0.25) is 4.79 Å². The van der Waals surface area contributed by atoms with E-state index in [-0.39, 0.29) is 29.2 Å². The molecule has 0 saturated heterocycles. The van der Waals surface area contributed by atoms with Crippen LogP contribution in [0, 0.1) is 23.7 Å². The quantitative estimate of drug-likeness (QED) is 0.264. The highest BCUT2D eigenvalue weighted by atomic mass is 16.5. The Morgan fingerprint density at radius 1 is 1.00 bits per heavy atom. The van der Waals surface area contributed by atoms with E-state index in [2.05, 4.69) is 12.2 Å². The maximum Gasteiger partial charge on any atom is 0.340 e. The Balaban J connectivity index is 1.45. The molecule has 9 nitrogen and oxygen atoms in total. The molecule has 0 heterocycles. The zero-order chi connectivity index (χ0) is 32.2. The van der Waals surface area contributed by atoms with E-state index < -0.39 is 41.3 Å². The highest BCUT2D eigenvalue weighted by Gasteiger charge is 2.68. The second-order valence-corrected chi connectivity index (χ2v) is 12.7. The summed E-state index contributed by atoms with van der Waals surface area (Å²) >= 11 is 0. The number of hydrogen-bond donors (Lipinski definition) is 3. The van der Waals surface area contributed by atoms with Crippen LogP contribution in [0.25, 0.3) is 0 Å². The van der Waals surface area contributed by atoms with E-state index in [1.807, 2.05) is 20.8 Å². The zero-order valence-corrected chi connectivity index (χ0v) is 26.7. The van der Waals surface area contributed by atoms with Crippen LogP contribution in [0.15, 0.2) is 48.5 Å². The van der Waals surface area contributed by atoms with E-state index in [0.717, 1.165) is 25.7 Å². The largest absolute Gasteiger partial charge is 0.465 e. The number of benzene rings is 2. The van der Waals surface area contributed by atoms with Gasteiger partial charge in [0.15, 0.2) is 0 Å². The zero-order valence-electron chi connectivity index (χ0n) is 26.7. The van der Waals surface area contributed by atoms with Gasteiger partial charge in [-0.1, -0.05) is 39.3 Å². The number of carbonyl (C=O) groups is 3. The molecular formula is C35H47NO8.